The van der Waals surface area contributed by atoms with Gasteiger partial charge in [0.05, 0.1) is 37.5 Å². The number of aliphatic hydroxyl groups is 1. The van der Waals surface area contributed by atoms with Crippen molar-refractivity contribution in [1.82, 2.24) is 0 Å². The van der Waals surface area contributed by atoms with E-state index in [0.29, 0.717) is 22.7 Å². The molecule has 1 heterocycles. The van der Waals surface area contributed by atoms with Crippen molar-refractivity contribution in [3.63, 3.8) is 0 Å². The van der Waals surface area contributed by atoms with Crippen LogP contribution >= 0.6 is 0 Å². The van der Waals surface area contributed by atoms with E-state index < -0.39 is 29.3 Å². The van der Waals surface area contributed by atoms with Gasteiger partial charge in [0.2, 0.25) is 0 Å². The molecule has 0 bridgehead atoms. The summed E-state index contributed by atoms with van der Waals surface area (Å²) in [6.45, 7) is 3.80. The molecule has 1 amide bonds. The average Bonchev–Trinajstić information content (AvgIpc) is 3.13. The summed E-state index contributed by atoms with van der Waals surface area (Å²) in [4.78, 5) is 28.0. The summed E-state index contributed by atoms with van der Waals surface area (Å²) >= 11 is 0. The Balaban J connectivity index is 1.95. The molecule has 0 aliphatic carbocycles. The lowest BCUT2D eigenvalue weighted by atomic mass is 9.94. The predicted molar refractivity (Wildman–Crippen MR) is 133 cm³/mol. The molecule has 1 atom stereocenters. The Kier molecular flexibility index (Phi) is 6.96. The number of amides is 1. The third kappa shape index (κ3) is 4.49. The van der Waals surface area contributed by atoms with Gasteiger partial charge in [-0.3, -0.25) is 14.5 Å². The van der Waals surface area contributed by atoms with Crippen LogP contribution in [0.15, 0.2) is 72.3 Å². The second-order valence-corrected chi connectivity index (χ2v) is 8.42. The van der Waals surface area contributed by atoms with Gasteiger partial charge in [-0.15, -0.1) is 0 Å². The Morgan fingerprint density at radius 2 is 1.61 bits per heavy atom. The number of nitrogens with zero attached hydrogens (tertiary/aromatic N) is 1. The fourth-order valence-corrected chi connectivity index (χ4v) is 4.25. The highest BCUT2D eigenvalue weighted by atomic mass is 19.1. The summed E-state index contributed by atoms with van der Waals surface area (Å²) in [6.07, 6.45) is -0.0418. The maximum atomic E-state index is 14.1. The molecule has 36 heavy (non-hydrogen) atoms. The first-order valence-corrected chi connectivity index (χ1v) is 11.3. The largest absolute Gasteiger partial charge is 0.507 e. The van der Waals surface area contributed by atoms with Gasteiger partial charge in [-0.25, -0.2) is 4.39 Å². The highest BCUT2D eigenvalue weighted by molar-refractivity contribution is 6.51. The summed E-state index contributed by atoms with van der Waals surface area (Å²) < 4.78 is 30.6. The summed E-state index contributed by atoms with van der Waals surface area (Å²) in [6, 6.07) is 16.1. The number of para-hydroxylation sites is 1. The van der Waals surface area contributed by atoms with Crippen molar-refractivity contribution in [2.45, 2.75) is 26.0 Å². The topological polar surface area (TPSA) is 85.3 Å². The maximum Gasteiger partial charge on any atom is 0.300 e. The summed E-state index contributed by atoms with van der Waals surface area (Å²) in [7, 11) is 2.83. The molecule has 0 aromatic heterocycles. The zero-order valence-electron chi connectivity index (χ0n) is 20.3. The van der Waals surface area contributed by atoms with Crippen molar-refractivity contribution in [2.24, 2.45) is 0 Å². The molecule has 1 aliphatic rings. The van der Waals surface area contributed by atoms with Gasteiger partial charge in [0.15, 0.2) is 0 Å². The van der Waals surface area contributed by atoms with Crippen molar-refractivity contribution < 1.29 is 33.3 Å². The first-order chi connectivity index (χ1) is 17.3. The third-order valence-electron chi connectivity index (χ3n) is 5.78. The first kappa shape index (κ1) is 24.8. The van der Waals surface area contributed by atoms with E-state index in [4.69, 9.17) is 14.2 Å². The normalized spacial score (nSPS) is 16.9. The van der Waals surface area contributed by atoms with E-state index in [0.717, 1.165) is 6.07 Å². The van der Waals surface area contributed by atoms with Gasteiger partial charge in [-0.1, -0.05) is 18.2 Å². The second kappa shape index (κ2) is 10.1. The van der Waals surface area contributed by atoms with Crippen LogP contribution in [0.2, 0.25) is 0 Å². The summed E-state index contributed by atoms with van der Waals surface area (Å²) in [5.41, 5.74) is 0.625. The molecule has 1 fully saturated rings. The maximum absolute atomic E-state index is 14.1. The Morgan fingerprint density at radius 3 is 2.25 bits per heavy atom. The van der Waals surface area contributed by atoms with Crippen LogP contribution in [0.3, 0.4) is 0 Å². The monoisotopic (exact) mass is 491 g/mol. The Labute approximate surface area is 208 Å². The lowest BCUT2D eigenvalue weighted by molar-refractivity contribution is -0.132. The molecule has 0 spiro atoms. The zero-order valence-corrected chi connectivity index (χ0v) is 20.3. The smallest absolute Gasteiger partial charge is 0.300 e. The van der Waals surface area contributed by atoms with Gasteiger partial charge in [0.1, 0.15) is 28.8 Å². The SMILES string of the molecule is COc1ccc(F)cc1/C(O)=C1\C(=O)C(=O)N(c2ccc(OC(C)C)cc2)C1c1ccccc1OC. The van der Waals surface area contributed by atoms with Gasteiger partial charge in [0.25, 0.3) is 11.7 Å². The molecule has 1 saturated heterocycles. The molecule has 1 unspecified atom stereocenters. The van der Waals surface area contributed by atoms with E-state index in [9.17, 15) is 19.1 Å². The molecular weight excluding hydrogens is 465 g/mol. The number of Topliss-reactive ketones (excluding diaryl/α,β-unsaturated/α-hetero) is 1. The number of ether oxygens (including phenoxy) is 3. The molecular formula is C28H26FNO6. The van der Waals surface area contributed by atoms with Crippen LogP contribution in [0.25, 0.3) is 5.76 Å². The van der Waals surface area contributed by atoms with Crippen LogP contribution in [-0.2, 0) is 9.59 Å². The van der Waals surface area contributed by atoms with E-state index >= 15 is 0 Å². The van der Waals surface area contributed by atoms with Crippen molar-refractivity contribution in [3.8, 4) is 17.2 Å². The van der Waals surface area contributed by atoms with E-state index in [1.165, 1.54) is 31.3 Å². The highest BCUT2D eigenvalue weighted by Gasteiger charge is 2.48. The minimum Gasteiger partial charge on any atom is -0.507 e. The van der Waals surface area contributed by atoms with E-state index in [1.807, 2.05) is 13.8 Å². The number of methoxy groups -OCH3 is 2. The number of hydrogen-bond donors (Lipinski definition) is 1. The molecule has 0 saturated carbocycles. The number of aliphatic hydroxyl groups excluding tert-OH is 1. The minimum absolute atomic E-state index is 0.0418. The van der Waals surface area contributed by atoms with Gasteiger partial charge in [0, 0.05) is 11.3 Å². The molecule has 4 rings (SSSR count). The summed E-state index contributed by atoms with van der Waals surface area (Å²) in [5, 5.41) is 11.3. The van der Waals surface area contributed by atoms with Crippen LogP contribution in [-0.4, -0.2) is 37.1 Å². The van der Waals surface area contributed by atoms with Gasteiger partial charge in [-0.2, -0.15) is 0 Å². The van der Waals surface area contributed by atoms with E-state index in [2.05, 4.69) is 0 Å². The van der Waals surface area contributed by atoms with Crippen molar-refractivity contribution in [2.75, 3.05) is 19.1 Å². The van der Waals surface area contributed by atoms with Crippen molar-refractivity contribution >= 4 is 23.1 Å². The number of carbonyl (C=O) groups is 2. The fraction of sp³-hybridized carbons (Fsp3) is 0.214. The second-order valence-electron chi connectivity index (χ2n) is 8.42. The lowest BCUT2D eigenvalue weighted by Crippen LogP contribution is -2.29. The lowest BCUT2D eigenvalue weighted by Gasteiger charge is -2.27. The van der Waals surface area contributed by atoms with Crippen molar-refractivity contribution in [3.05, 3.63) is 89.2 Å². The molecule has 3 aromatic rings. The zero-order chi connectivity index (χ0) is 26.0. The number of rotatable bonds is 7. The Morgan fingerprint density at radius 1 is 0.944 bits per heavy atom. The Hall–Kier alpha value is -4.33. The number of ketones is 1. The summed E-state index contributed by atoms with van der Waals surface area (Å²) in [5.74, 6) is -1.80. The van der Waals surface area contributed by atoms with E-state index in [1.54, 1.807) is 48.5 Å². The van der Waals surface area contributed by atoms with E-state index in [-0.39, 0.29) is 23.0 Å². The molecule has 7 nitrogen and oxygen atoms in total. The van der Waals surface area contributed by atoms with Gasteiger partial charge in [-0.05, 0) is 62.4 Å². The quantitative estimate of drug-likeness (QED) is 0.276. The fourth-order valence-electron chi connectivity index (χ4n) is 4.25. The van der Waals surface area contributed by atoms with Gasteiger partial charge < -0.3 is 19.3 Å². The Bertz CT molecular complexity index is 1330. The molecule has 1 aliphatic heterocycles. The van der Waals surface area contributed by atoms with Crippen LogP contribution in [0.1, 0.15) is 31.0 Å². The molecule has 1 N–H and O–H groups in total. The predicted octanol–water partition coefficient (Wildman–Crippen LogP) is 5.26. The average molecular weight is 492 g/mol. The minimum atomic E-state index is -1.05. The standard InChI is InChI=1S/C28H26FNO6/c1-16(2)36-19-12-10-18(11-13-19)30-25(20-7-5-6-8-22(20)34-3)24(27(32)28(30)33)26(31)21-15-17(29)9-14-23(21)35-4/h5-16,25,31H,1-4H3/b26-24+. The molecule has 3 aromatic carbocycles. The molecule has 8 heteroatoms. The van der Waals surface area contributed by atoms with Crippen LogP contribution in [0.4, 0.5) is 10.1 Å². The van der Waals surface area contributed by atoms with Crippen LogP contribution in [0, 0.1) is 5.82 Å². The highest BCUT2D eigenvalue weighted by Crippen LogP contribution is 2.46. The first-order valence-electron chi connectivity index (χ1n) is 11.3. The van der Waals surface area contributed by atoms with Gasteiger partial charge >= 0.3 is 0 Å². The van der Waals surface area contributed by atoms with Crippen LogP contribution < -0.4 is 19.1 Å². The number of hydrogen-bond acceptors (Lipinski definition) is 6. The van der Waals surface area contributed by atoms with Crippen molar-refractivity contribution in [1.29, 1.82) is 0 Å². The number of anilines is 1. The third-order valence-corrected chi connectivity index (χ3v) is 5.78. The molecule has 0 radical (unpaired) electrons. The van der Waals surface area contributed by atoms with Crippen LogP contribution in [0.5, 0.6) is 17.2 Å². The number of carbonyl (C=O) groups excluding carboxylic acids is 2. The number of benzene rings is 3. The number of halogens is 1. The molecule has 186 valence electrons.